The van der Waals surface area contributed by atoms with Crippen LogP contribution in [-0.4, -0.2) is 0 Å². The minimum Gasteiger partial charge on any atom is -0.397 e. The molecule has 0 aliphatic rings. The van der Waals surface area contributed by atoms with E-state index in [0.29, 0.717) is 11.4 Å². The standard InChI is InChI=1S/C11H12N2/c1-7-3-2-4-8-5-6-9(12)11(13)10(7)8/h2-6H,12-13H2,1H3. The molecule has 13 heavy (non-hydrogen) atoms. The van der Waals surface area contributed by atoms with Gasteiger partial charge in [0, 0.05) is 5.39 Å². The molecule has 2 aromatic rings. The maximum absolute atomic E-state index is 5.89. The summed E-state index contributed by atoms with van der Waals surface area (Å²) in [5, 5.41) is 2.22. The van der Waals surface area contributed by atoms with Crippen LogP contribution in [0.5, 0.6) is 0 Å². The molecule has 0 fully saturated rings. The number of nitrogens with two attached hydrogens (primary N) is 2. The Hall–Kier alpha value is -1.70. The van der Waals surface area contributed by atoms with Gasteiger partial charge in [0.2, 0.25) is 0 Å². The predicted octanol–water partition coefficient (Wildman–Crippen LogP) is 2.31. The number of hydrogen-bond acceptors (Lipinski definition) is 2. The fourth-order valence-corrected chi connectivity index (χ4v) is 1.61. The van der Waals surface area contributed by atoms with E-state index in [1.54, 1.807) is 0 Å². The molecule has 0 radical (unpaired) electrons. The molecule has 2 heteroatoms. The molecule has 4 N–H and O–H groups in total. The molecule has 66 valence electrons. The van der Waals surface area contributed by atoms with E-state index in [9.17, 15) is 0 Å². The zero-order chi connectivity index (χ0) is 9.42. The van der Waals surface area contributed by atoms with Crippen LogP contribution < -0.4 is 11.5 Å². The highest BCUT2D eigenvalue weighted by atomic mass is 14.7. The normalized spacial score (nSPS) is 10.5. The number of benzene rings is 2. The number of anilines is 2. The van der Waals surface area contributed by atoms with Gasteiger partial charge in [0.05, 0.1) is 11.4 Å². The van der Waals surface area contributed by atoms with Gasteiger partial charge in [-0.25, -0.2) is 0 Å². The van der Waals surface area contributed by atoms with E-state index in [-0.39, 0.29) is 0 Å². The van der Waals surface area contributed by atoms with E-state index in [1.807, 2.05) is 37.3 Å². The Morgan fingerprint density at radius 1 is 1.00 bits per heavy atom. The molecule has 2 nitrogen and oxygen atoms in total. The lowest BCUT2D eigenvalue weighted by atomic mass is 10.0. The highest BCUT2D eigenvalue weighted by Crippen LogP contribution is 2.28. The Kier molecular flexibility index (Phi) is 1.62. The van der Waals surface area contributed by atoms with Gasteiger partial charge in [0.25, 0.3) is 0 Å². The maximum Gasteiger partial charge on any atom is 0.0630 e. The fourth-order valence-electron chi connectivity index (χ4n) is 1.61. The van der Waals surface area contributed by atoms with Crippen molar-refractivity contribution in [2.75, 3.05) is 11.5 Å². The van der Waals surface area contributed by atoms with Crippen molar-refractivity contribution in [1.82, 2.24) is 0 Å². The van der Waals surface area contributed by atoms with Gasteiger partial charge in [-0.3, -0.25) is 0 Å². The van der Waals surface area contributed by atoms with E-state index >= 15 is 0 Å². The molecule has 0 aliphatic carbocycles. The van der Waals surface area contributed by atoms with Crippen LogP contribution in [0.1, 0.15) is 5.56 Å². The summed E-state index contributed by atoms with van der Waals surface area (Å²) < 4.78 is 0. The van der Waals surface area contributed by atoms with Crippen LogP contribution in [0, 0.1) is 6.92 Å². The van der Waals surface area contributed by atoms with E-state index in [1.165, 1.54) is 5.56 Å². The molecule has 2 aromatic carbocycles. The van der Waals surface area contributed by atoms with Crippen LogP contribution in [-0.2, 0) is 0 Å². The minimum atomic E-state index is 0.654. The summed E-state index contributed by atoms with van der Waals surface area (Å²) in [5.74, 6) is 0. The van der Waals surface area contributed by atoms with Crippen molar-refractivity contribution in [3.8, 4) is 0 Å². The van der Waals surface area contributed by atoms with Crippen molar-refractivity contribution >= 4 is 22.1 Å². The van der Waals surface area contributed by atoms with Crippen molar-refractivity contribution < 1.29 is 0 Å². The van der Waals surface area contributed by atoms with Crippen LogP contribution in [0.15, 0.2) is 30.3 Å². The number of aryl methyl sites for hydroxylation is 1. The molecule has 0 bridgehead atoms. The molecule has 2 rings (SSSR count). The van der Waals surface area contributed by atoms with Gasteiger partial charge >= 0.3 is 0 Å². The Bertz CT molecular complexity index is 461. The minimum absolute atomic E-state index is 0.654. The van der Waals surface area contributed by atoms with Crippen LogP contribution >= 0.6 is 0 Å². The van der Waals surface area contributed by atoms with Gasteiger partial charge in [-0.05, 0) is 23.9 Å². The smallest absolute Gasteiger partial charge is 0.0630 e. The summed E-state index contributed by atoms with van der Waals surface area (Å²) in [6.07, 6.45) is 0. The summed E-state index contributed by atoms with van der Waals surface area (Å²) in [6.45, 7) is 2.04. The van der Waals surface area contributed by atoms with Crippen LogP contribution in [0.2, 0.25) is 0 Å². The zero-order valence-corrected chi connectivity index (χ0v) is 7.54. The van der Waals surface area contributed by atoms with Gasteiger partial charge in [-0.2, -0.15) is 0 Å². The topological polar surface area (TPSA) is 52.0 Å². The van der Waals surface area contributed by atoms with Crippen molar-refractivity contribution in [1.29, 1.82) is 0 Å². The summed E-state index contributed by atoms with van der Waals surface area (Å²) in [7, 11) is 0. The average molecular weight is 172 g/mol. The molecular formula is C11H12N2. The van der Waals surface area contributed by atoms with E-state index in [0.717, 1.165) is 10.8 Å². The number of rotatable bonds is 0. The second kappa shape index (κ2) is 2.66. The largest absolute Gasteiger partial charge is 0.397 e. The summed E-state index contributed by atoms with van der Waals surface area (Å²) in [4.78, 5) is 0. The van der Waals surface area contributed by atoms with Crippen LogP contribution in [0.4, 0.5) is 11.4 Å². The number of nitrogen functional groups attached to an aromatic ring is 2. The van der Waals surface area contributed by atoms with Crippen LogP contribution in [0.25, 0.3) is 10.8 Å². The monoisotopic (exact) mass is 172 g/mol. The predicted molar refractivity (Wildman–Crippen MR) is 57.5 cm³/mol. The fraction of sp³-hybridized carbons (Fsp3) is 0.0909. The lowest BCUT2D eigenvalue weighted by Gasteiger charge is -2.07. The van der Waals surface area contributed by atoms with Crippen molar-refractivity contribution in [2.45, 2.75) is 6.92 Å². The molecule has 0 atom stereocenters. The highest BCUT2D eigenvalue weighted by Gasteiger charge is 2.02. The first-order valence-corrected chi connectivity index (χ1v) is 4.23. The lowest BCUT2D eigenvalue weighted by molar-refractivity contribution is 1.53. The quantitative estimate of drug-likeness (QED) is 0.599. The molecule has 0 amide bonds. The SMILES string of the molecule is Cc1cccc2ccc(N)c(N)c12. The second-order valence-electron chi connectivity index (χ2n) is 3.24. The number of hydrogen-bond donors (Lipinski definition) is 2. The maximum atomic E-state index is 5.89. The Morgan fingerprint density at radius 2 is 1.77 bits per heavy atom. The van der Waals surface area contributed by atoms with Gasteiger partial charge < -0.3 is 11.5 Å². The average Bonchev–Trinajstić information content (AvgIpc) is 2.12. The first kappa shape index (κ1) is 7.92. The Balaban J connectivity index is 2.97. The zero-order valence-electron chi connectivity index (χ0n) is 7.54. The van der Waals surface area contributed by atoms with Gasteiger partial charge in [-0.1, -0.05) is 24.3 Å². The number of fused-ring (bicyclic) bond motifs is 1. The third kappa shape index (κ3) is 1.11. The molecular weight excluding hydrogens is 160 g/mol. The Labute approximate surface area is 77.2 Å². The van der Waals surface area contributed by atoms with Gasteiger partial charge in [0.1, 0.15) is 0 Å². The first-order valence-electron chi connectivity index (χ1n) is 4.23. The molecule has 0 aromatic heterocycles. The summed E-state index contributed by atoms with van der Waals surface area (Å²) in [6, 6.07) is 9.94. The van der Waals surface area contributed by atoms with Crippen LogP contribution in [0.3, 0.4) is 0 Å². The third-order valence-electron chi connectivity index (χ3n) is 2.33. The first-order chi connectivity index (χ1) is 6.20. The molecule has 0 saturated heterocycles. The van der Waals surface area contributed by atoms with Crippen molar-refractivity contribution in [3.63, 3.8) is 0 Å². The lowest BCUT2D eigenvalue weighted by Crippen LogP contribution is -1.96. The highest BCUT2D eigenvalue weighted by molar-refractivity contribution is 6.00. The summed E-state index contributed by atoms with van der Waals surface area (Å²) in [5.41, 5.74) is 14.1. The Morgan fingerprint density at radius 3 is 2.54 bits per heavy atom. The molecule has 0 spiro atoms. The van der Waals surface area contributed by atoms with Crippen molar-refractivity contribution in [2.24, 2.45) is 0 Å². The van der Waals surface area contributed by atoms with E-state index < -0.39 is 0 Å². The molecule has 0 unspecified atom stereocenters. The summed E-state index contributed by atoms with van der Waals surface area (Å²) >= 11 is 0. The van der Waals surface area contributed by atoms with Crippen molar-refractivity contribution in [3.05, 3.63) is 35.9 Å². The second-order valence-corrected chi connectivity index (χ2v) is 3.24. The van der Waals surface area contributed by atoms with E-state index in [4.69, 9.17) is 11.5 Å². The van der Waals surface area contributed by atoms with Gasteiger partial charge in [-0.15, -0.1) is 0 Å². The molecule has 0 saturated carbocycles. The third-order valence-corrected chi connectivity index (χ3v) is 2.33. The van der Waals surface area contributed by atoms with Gasteiger partial charge in [0.15, 0.2) is 0 Å². The molecule has 0 heterocycles. The van der Waals surface area contributed by atoms with E-state index in [2.05, 4.69) is 0 Å². The molecule has 0 aliphatic heterocycles.